The molecular formula is C48H67ClN6O8. The molecule has 0 aromatic heterocycles. The van der Waals surface area contributed by atoms with Crippen LogP contribution in [-0.4, -0.2) is 154 Å². The number of carbonyl (C=O) groups is 2. The fraction of sp³-hybridized carbons (Fsp3) is 0.458. The topological polar surface area (TPSA) is 157 Å². The van der Waals surface area contributed by atoms with Gasteiger partial charge in [-0.25, -0.2) is 0 Å². The zero-order valence-corrected chi connectivity index (χ0v) is 35.3. The molecule has 63 heavy (non-hydrogen) atoms. The second-order valence-corrected chi connectivity index (χ2v) is 14.5. The first-order valence-electron chi connectivity index (χ1n) is 29.9. The van der Waals surface area contributed by atoms with Crippen LogP contribution in [0.4, 0.5) is 11.4 Å². The molecule has 2 aliphatic heterocycles. The number of piperazine rings is 2. The van der Waals surface area contributed by atoms with Gasteiger partial charge in [0.25, 0.3) is 0 Å². The molecule has 344 valence electrons. The van der Waals surface area contributed by atoms with Crippen molar-refractivity contribution in [1.29, 1.82) is 0 Å². The Bertz CT molecular complexity index is 2660. The standard InChI is InChI=1S/C24H33N3O4.C14H22N2O3.C10H12ClNO/c1-18-7-6-8-19(2)24(18)25-23(29)16-27-13-11-26(12-14-27)15-20(28)17-31-22-10-5-4-9-21(22)30-3;1-18-13-4-2-3-5-14(13)19-11-12(17)10-16-8-6-15-7-9-16;1-7-4-3-5-8(2)10(7)12-9(13)6-11/h4-10,20,28H,11-17H2,1-3H3,(H,25,29);2-5,12,15,17H,6-11H2,1H3;3-5H,6H2,1-2H3,(H,12,13)/i1D3,2D3,3D3,6D;1D3;1D3,2D3,3D. The molecule has 4 aromatic rings. The summed E-state index contributed by atoms with van der Waals surface area (Å²) < 4.78 is 170. The van der Waals surface area contributed by atoms with Crippen molar-refractivity contribution >= 4 is 34.8 Å². The van der Waals surface area contributed by atoms with E-state index < -0.39 is 93.6 Å². The number of alkyl halides is 1. The number of halogens is 1. The Balaban J connectivity index is 0.000000296. The zero-order valence-electron chi connectivity index (χ0n) is 54.5. The van der Waals surface area contributed by atoms with E-state index in [4.69, 9.17) is 58.0 Å². The van der Waals surface area contributed by atoms with E-state index in [1.807, 2.05) is 9.80 Å². The monoisotopic (exact) mass is 911 g/mol. The van der Waals surface area contributed by atoms with Crippen LogP contribution in [0, 0.1) is 27.4 Å². The molecule has 14 nitrogen and oxygen atoms in total. The van der Waals surface area contributed by atoms with Gasteiger partial charge in [-0.1, -0.05) is 60.6 Å². The summed E-state index contributed by atoms with van der Waals surface area (Å²) in [6, 6.07) is 16.4. The molecule has 2 heterocycles. The van der Waals surface area contributed by atoms with Gasteiger partial charge in [0.05, 0.1) is 31.6 Å². The van der Waals surface area contributed by atoms with E-state index in [0.29, 0.717) is 38.5 Å². The van der Waals surface area contributed by atoms with Crippen LogP contribution in [-0.2, 0) is 9.59 Å². The number of nitrogens with zero attached hydrogens (tertiary/aromatic N) is 3. The first kappa shape index (κ1) is 28.8. The number of aliphatic hydroxyl groups excluding tert-OH is 2. The van der Waals surface area contributed by atoms with Crippen LogP contribution in [0.3, 0.4) is 0 Å². The van der Waals surface area contributed by atoms with Gasteiger partial charge in [-0.15, -0.1) is 11.6 Å². The van der Waals surface area contributed by atoms with Crippen molar-refractivity contribution in [1.82, 2.24) is 20.0 Å². The maximum atomic E-state index is 12.8. The second-order valence-electron chi connectivity index (χ2n) is 14.2. The highest BCUT2D eigenvalue weighted by Gasteiger charge is 2.22. The average Bonchev–Trinajstić information content (AvgIpc) is 3.56. The highest BCUT2D eigenvalue weighted by molar-refractivity contribution is 6.29. The van der Waals surface area contributed by atoms with E-state index in [9.17, 15) is 19.8 Å². The number of aryl methyl sites for hydroxylation is 4. The fourth-order valence-electron chi connectivity index (χ4n) is 6.22. The molecule has 2 aliphatic rings. The molecule has 2 saturated heterocycles. The molecule has 5 N–H and O–H groups in total. The number of hydrogen-bond acceptors (Lipinski definition) is 12. The molecule has 0 spiro atoms. The molecule has 2 unspecified atom stereocenters. The Morgan fingerprint density at radius 3 is 1.49 bits per heavy atom. The molecule has 0 aliphatic carbocycles. The van der Waals surface area contributed by atoms with Gasteiger partial charge < -0.3 is 45.1 Å². The molecule has 0 bridgehead atoms. The van der Waals surface area contributed by atoms with Crippen molar-refractivity contribution in [2.75, 3.05) is 116 Å². The predicted molar refractivity (Wildman–Crippen MR) is 251 cm³/mol. The van der Waals surface area contributed by atoms with Crippen LogP contribution in [0.1, 0.15) is 49.7 Å². The lowest BCUT2D eigenvalue weighted by molar-refractivity contribution is -0.118. The fourth-order valence-corrected chi connectivity index (χ4v) is 6.29. The van der Waals surface area contributed by atoms with Gasteiger partial charge in [-0.05, 0) is 73.9 Å². The normalized spacial score (nSPS) is 21.2. The number of ether oxygens (including phenoxy) is 4. The summed E-state index contributed by atoms with van der Waals surface area (Å²) in [5, 5.41) is 28.4. The number of rotatable bonds is 17. The molecule has 2 amide bonds. The Labute approximate surface area is 406 Å². The van der Waals surface area contributed by atoms with E-state index in [1.165, 1.54) is 12.1 Å². The number of anilines is 2. The number of methoxy groups -OCH3 is 2. The molecular weight excluding hydrogens is 824 g/mol. The third kappa shape index (κ3) is 17.6. The summed E-state index contributed by atoms with van der Waals surface area (Å²) in [5.74, 6) is -1.05. The molecule has 4 aromatic carbocycles. The van der Waals surface area contributed by atoms with E-state index in [2.05, 4.69) is 20.9 Å². The first-order valence-corrected chi connectivity index (χ1v) is 20.4. The Morgan fingerprint density at radius 2 is 1.06 bits per heavy atom. The average molecular weight is 912 g/mol. The van der Waals surface area contributed by atoms with E-state index in [0.717, 1.165) is 50.4 Å². The van der Waals surface area contributed by atoms with Gasteiger partial charge >= 0.3 is 0 Å². The summed E-state index contributed by atoms with van der Waals surface area (Å²) in [5.41, 5.74) is -2.24. The SMILES string of the molecule is [2H]C([2H])([2H])Oc1ccccc1OCC(O)CN1CCNCC1.[2H]c1cc(C([2H])([2H])[2H])c(NC(=O)CCl)c(C([2H])([2H])[2H])c1.[2H]c1cc(C([2H])([2H])[2H])c(NC(=O)CN2CCN(CC(O)COc3ccccc3OC([2H])([2H])[2H])CC2)c(C([2H])([2H])[2H])c1. The third-order valence-electron chi connectivity index (χ3n) is 9.40. The highest BCUT2D eigenvalue weighted by atomic mass is 35.5. The highest BCUT2D eigenvalue weighted by Crippen LogP contribution is 2.27. The molecule has 0 saturated carbocycles. The van der Waals surface area contributed by atoms with Crippen molar-refractivity contribution in [3.8, 4) is 23.0 Å². The van der Waals surface area contributed by atoms with Crippen molar-refractivity contribution in [3.63, 3.8) is 0 Å². The van der Waals surface area contributed by atoms with Crippen LogP contribution in [0.15, 0.2) is 84.9 Å². The minimum absolute atomic E-state index is 0.0409. The van der Waals surface area contributed by atoms with Crippen LogP contribution in [0.25, 0.3) is 0 Å². The van der Waals surface area contributed by atoms with Gasteiger partial charge in [-0.2, -0.15) is 0 Å². The summed E-state index contributed by atoms with van der Waals surface area (Å²) in [6.45, 7) is -4.53. The van der Waals surface area contributed by atoms with E-state index in [1.54, 1.807) is 36.4 Å². The smallest absolute Gasteiger partial charge is 0.239 e. The van der Waals surface area contributed by atoms with Crippen LogP contribution < -0.4 is 34.9 Å². The van der Waals surface area contributed by atoms with Gasteiger partial charge in [0, 0.05) is 93.3 Å². The minimum atomic E-state index is -2.74. The quantitative estimate of drug-likeness (QED) is 0.0893. The van der Waals surface area contributed by atoms with Gasteiger partial charge in [0.1, 0.15) is 31.3 Å². The molecule has 0 radical (unpaired) electrons. The van der Waals surface area contributed by atoms with Crippen LogP contribution >= 0.6 is 11.6 Å². The van der Waals surface area contributed by atoms with Crippen LogP contribution in [0.2, 0.25) is 0 Å². The van der Waals surface area contributed by atoms with Crippen molar-refractivity contribution in [3.05, 3.63) is 107 Å². The van der Waals surface area contributed by atoms with Gasteiger partial charge in [0.2, 0.25) is 11.8 Å². The maximum Gasteiger partial charge on any atom is 0.239 e. The lowest BCUT2D eigenvalue weighted by Gasteiger charge is -2.35. The number of carbonyl (C=O) groups excluding carboxylic acids is 2. The predicted octanol–water partition coefficient (Wildman–Crippen LogP) is 5.13. The summed E-state index contributed by atoms with van der Waals surface area (Å²) in [6.07, 6.45) is -1.53. The van der Waals surface area contributed by atoms with Crippen molar-refractivity contribution in [2.24, 2.45) is 0 Å². The number of aliphatic hydroxyl groups is 2. The number of β-amino-alcohol motifs (C(OH)–C–C–N with tert-alkyl or cyclic N) is 2. The first-order chi connectivity index (χ1) is 38.3. The largest absolute Gasteiger partial charge is 0.493 e. The van der Waals surface area contributed by atoms with Gasteiger partial charge in [-0.3, -0.25) is 24.3 Å². The number of benzene rings is 4. The molecule has 15 heteroatoms. The number of hydrogen-bond donors (Lipinski definition) is 5. The number of para-hydroxylation sites is 6. The lowest BCUT2D eigenvalue weighted by Crippen LogP contribution is -2.50. The van der Waals surface area contributed by atoms with Crippen molar-refractivity contribution in [2.45, 2.75) is 39.6 Å². The summed E-state index contributed by atoms with van der Waals surface area (Å²) in [4.78, 5) is 30.2. The lowest BCUT2D eigenvalue weighted by atomic mass is 10.1. The Kier molecular flexibility index (Phi) is 12.5. The van der Waals surface area contributed by atoms with Gasteiger partial charge in [0.15, 0.2) is 23.0 Å². The minimum Gasteiger partial charge on any atom is -0.493 e. The Morgan fingerprint density at radius 1 is 0.651 bits per heavy atom. The molecule has 2 atom stereocenters. The molecule has 2 fully saturated rings. The third-order valence-corrected chi connectivity index (χ3v) is 9.64. The zero-order chi connectivity index (χ0) is 62.3. The van der Waals surface area contributed by atoms with E-state index >= 15 is 0 Å². The maximum absolute atomic E-state index is 12.8. The number of nitrogens with one attached hydrogen (secondary N) is 3. The van der Waals surface area contributed by atoms with E-state index in [-0.39, 0.29) is 67.0 Å². The summed E-state index contributed by atoms with van der Waals surface area (Å²) in [7, 11) is -5.17. The Hall–Kier alpha value is -4.93. The van der Waals surface area contributed by atoms with Crippen molar-refractivity contribution < 1.29 is 66.2 Å². The second kappa shape index (κ2) is 27.3. The summed E-state index contributed by atoms with van der Waals surface area (Å²) >= 11 is 5.34. The van der Waals surface area contributed by atoms with Crippen LogP contribution in [0.5, 0.6) is 23.0 Å². The number of amides is 2. The molecule has 6 rings (SSSR count).